The number of hydrogen-bond acceptors (Lipinski definition) is 4. The van der Waals surface area contributed by atoms with E-state index in [4.69, 9.17) is 10.5 Å². The molecule has 18 heavy (non-hydrogen) atoms. The van der Waals surface area contributed by atoms with Crippen LogP contribution in [-0.4, -0.2) is 21.6 Å². The smallest absolute Gasteiger partial charge is 0.212 e. The van der Waals surface area contributed by atoms with Crippen LogP contribution in [0.1, 0.15) is 38.9 Å². The monoisotopic (exact) mass is 245 g/mol. The van der Waals surface area contributed by atoms with Gasteiger partial charge < -0.3 is 4.57 Å². The van der Waals surface area contributed by atoms with Crippen molar-refractivity contribution in [3.05, 3.63) is 18.2 Å². The third-order valence-corrected chi connectivity index (χ3v) is 2.95. The topological polar surface area (TPSA) is 77.4 Å². The quantitative estimate of drug-likeness (QED) is 0.743. The summed E-state index contributed by atoms with van der Waals surface area (Å²) in [5, 5.41) is 21.1. The molecular weight excluding hydrogens is 226 g/mol. The average Bonchev–Trinajstić information content (AvgIpc) is 2.82. The molecule has 0 fully saturated rings. The number of aryl methyl sites for hydroxylation is 1. The van der Waals surface area contributed by atoms with Gasteiger partial charge in [-0.25, -0.2) is 4.98 Å². The first-order valence-electron chi connectivity index (χ1n) is 6.22. The summed E-state index contributed by atoms with van der Waals surface area (Å²) in [5.41, 5.74) is -0.443. The normalized spacial score (nSPS) is 13.6. The minimum Gasteiger partial charge on any atom is -0.323 e. The highest BCUT2D eigenvalue weighted by atomic mass is 15.1. The standard InChI is InChI=1S/C13H19N5/c1-3-17-13(2,11-15)6-4-5-8-18-9-7-16-12(18)10-14/h7,9,17H,3-6,8H2,1-2H3. The lowest BCUT2D eigenvalue weighted by Gasteiger charge is -2.22. The predicted molar refractivity (Wildman–Crippen MR) is 68.5 cm³/mol. The van der Waals surface area contributed by atoms with E-state index in [-0.39, 0.29) is 0 Å². The van der Waals surface area contributed by atoms with Crippen molar-refractivity contribution in [1.82, 2.24) is 14.9 Å². The average molecular weight is 245 g/mol. The second-order valence-electron chi connectivity index (χ2n) is 4.49. The van der Waals surface area contributed by atoms with Crippen LogP contribution in [0.2, 0.25) is 0 Å². The maximum absolute atomic E-state index is 9.11. The summed E-state index contributed by atoms with van der Waals surface area (Å²) in [7, 11) is 0. The summed E-state index contributed by atoms with van der Waals surface area (Å²) in [5.74, 6) is 0.449. The molecular formula is C13H19N5. The molecule has 1 aromatic heterocycles. The maximum Gasteiger partial charge on any atom is 0.212 e. The Bertz CT molecular complexity index is 451. The van der Waals surface area contributed by atoms with Gasteiger partial charge in [0.25, 0.3) is 0 Å². The van der Waals surface area contributed by atoms with Gasteiger partial charge in [0.05, 0.1) is 6.07 Å². The van der Waals surface area contributed by atoms with Crippen LogP contribution in [0.5, 0.6) is 0 Å². The molecule has 1 atom stereocenters. The zero-order chi connectivity index (χ0) is 13.4. The number of unbranched alkanes of at least 4 members (excludes halogenated alkanes) is 1. The van der Waals surface area contributed by atoms with Crippen LogP contribution >= 0.6 is 0 Å². The summed E-state index contributed by atoms with van der Waals surface area (Å²) < 4.78 is 1.84. The van der Waals surface area contributed by atoms with E-state index in [2.05, 4.69) is 22.4 Å². The highest BCUT2D eigenvalue weighted by Gasteiger charge is 2.21. The first kappa shape index (κ1) is 14.2. The van der Waals surface area contributed by atoms with E-state index >= 15 is 0 Å². The van der Waals surface area contributed by atoms with Gasteiger partial charge in [-0.1, -0.05) is 6.92 Å². The molecule has 0 aliphatic rings. The maximum atomic E-state index is 9.11. The number of hydrogen-bond donors (Lipinski definition) is 1. The van der Waals surface area contributed by atoms with Crippen LogP contribution in [0, 0.1) is 22.7 Å². The molecule has 96 valence electrons. The number of nitrogens with one attached hydrogen (secondary N) is 1. The zero-order valence-electron chi connectivity index (χ0n) is 11.0. The largest absolute Gasteiger partial charge is 0.323 e. The number of nitrogens with zero attached hydrogens (tertiary/aromatic N) is 4. The van der Waals surface area contributed by atoms with Crippen LogP contribution < -0.4 is 5.32 Å². The second kappa shape index (κ2) is 6.78. The number of imidazole rings is 1. The van der Waals surface area contributed by atoms with E-state index in [0.29, 0.717) is 5.82 Å². The summed E-state index contributed by atoms with van der Waals surface area (Å²) in [6, 6.07) is 4.36. The molecule has 0 aromatic carbocycles. The molecule has 1 heterocycles. The number of nitriles is 2. The molecule has 5 heteroatoms. The molecule has 5 nitrogen and oxygen atoms in total. The predicted octanol–water partition coefficient (Wildman–Crippen LogP) is 1.82. The van der Waals surface area contributed by atoms with Crippen LogP contribution in [-0.2, 0) is 6.54 Å². The van der Waals surface area contributed by atoms with Gasteiger partial charge in [-0.2, -0.15) is 10.5 Å². The van der Waals surface area contributed by atoms with Gasteiger partial charge in [0.1, 0.15) is 11.6 Å². The van der Waals surface area contributed by atoms with Crippen LogP contribution in [0.3, 0.4) is 0 Å². The first-order chi connectivity index (χ1) is 8.65. The fourth-order valence-corrected chi connectivity index (χ4v) is 1.94. The third-order valence-electron chi connectivity index (χ3n) is 2.95. The van der Waals surface area contributed by atoms with Gasteiger partial charge in [0, 0.05) is 18.9 Å². The van der Waals surface area contributed by atoms with Crippen molar-refractivity contribution >= 4 is 0 Å². The van der Waals surface area contributed by atoms with E-state index < -0.39 is 5.54 Å². The molecule has 1 aromatic rings. The second-order valence-corrected chi connectivity index (χ2v) is 4.49. The SMILES string of the molecule is CCNC(C)(C#N)CCCCn1ccnc1C#N. The Balaban J connectivity index is 2.35. The summed E-state index contributed by atoms with van der Waals surface area (Å²) in [6.07, 6.45) is 6.14. The summed E-state index contributed by atoms with van der Waals surface area (Å²) >= 11 is 0. The van der Waals surface area contributed by atoms with Crippen molar-refractivity contribution in [2.24, 2.45) is 0 Å². The fraction of sp³-hybridized carbons (Fsp3) is 0.615. The van der Waals surface area contributed by atoms with Gasteiger partial charge in [-0.05, 0) is 32.7 Å². The molecule has 0 amide bonds. The van der Waals surface area contributed by atoms with Crippen molar-refractivity contribution in [1.29, 1.82) is 10.5 Å². The van der Waals surface area contributed by atoms with Gasteiger partial charge in [-0.3, -0.25) is 5.32 Å². The minimum atomic E-state index is -0.443. The molecule has 0 radical (unpaired) electrons. The summed E-state index contributed by atoms with van der Waals surface area (Å²) in [6.45, 7) is 5.50. The third kappa shape index (κ3) is 3.87. The van der Waals surface area contributed by atoms with Gasteiger partial charge in [0.15, 0.2) is 0 Å². The Kier molecular flexibility index (Phi) is 5.35. The van der Waals surface area contributed by atoms with E-state index in [1.165, 1.54) is 0 Å². The van der Waals surface area contributed by atoms with Gasteiger partial charge >= 0.3 is 0 Å². The lowest BCUT2D eigenvalue weighted by Crippen LogP contribution is -2.40. The van der Waals surface area contributed by atoms with Gasteiger partial charge in [-0.15, -0.1) is 0 Å². The molecule has 0 saturated carbocycles. The molecule has 0 spiro atoms. The van der Waals surface area contributed by atoms with E-state index in [1.54, 1.807) is 6.20 Å². The number of rotatable bonds is 7. The summed E-state index contributed by atoms with van der Waals surface area (Å²) in [4.78, 5) is 3.94. The van der Waals surface area contributed by atoms with E-state index in [0.717, 1.165) is 32.4 Å². The van der Waals surface area contributed by atoms with Crippen molar-refractivity contribution in [2.45, 2.75) is 45.2 Å². The Hall–Kier alpha value is -1.85. The Morgan fingerprint density at radius 2 is 2.22 bits per heavy atom. The molecule has 1 unspecified atom stereocenters. The molecule has 0 aliphatic heterocycles. The van der Waals surface area contributed by atoms with Crippen molar-refractivity contribution in [3.8, 4) is 12.1 Å². The zero-order valence-corrected chi connectivity index (χ0v) is 11.0. The minimum absolute atomic E-state index is 0.443. The van der Waals surface area contributed by atoms with Gasteiger partial charge in [0.2, 0.25) is 5.82 Å². The molecule has 1 rings (SSSR count). The highest BCUT2D eigenvalue weighted by molar-refractivity contribution is 5.11. The molecule has 0 aliphatic carbocycles. The van der Waals surface area contributed by atoms with Crippen molar-refractivity contribution in [3.63, 3.8) is 0 Å². The fourth-order valence-electron chi connectivity index (χ4n) is 1.94. The lowest BCUT2D eigenvalue weighted by atomic mass is 9.96. The highest BCUT2D eigenvalue weighted by Crippen LogP contribution is 2.13. The van der Waals surface area contributed by atoms with E-state index in [9.17, 15) is 0 Å². The van der Waals surface area contributed by atoms with Crippen LogP contribution in [0.15, 0.2) is 12.4 Å². The van der Waals surface area contributed by atoms with Crippen LogP contribution in [0.4, 0.5) is 0 Å². The van der Waals surface area contributed by atoms with Crippen molar-refractivity contribution < 1.29 is 0 Å². The van der Waals surface area contributed by atoms with Crippen molar-refractivity contribution in [2.75, 3.05) is 6.54 Å². The number of aromatic nitrogens is 2. The Labute approximate surface area is 108 Å². The molecule has 1 N–H and O–H groups in total. The molecule has 0 bridgehead atoms. The Morgan fingerprint density at radius 1 is 1.44 bits per heavy atom. The first-order valence-corrected chi connectivity index (χ1v) is 6.22. The van der Waals surface area contributed by atoms with Crippen LogP contribution in [0.25, 0.3) is 0 Å². The molecule has 0 saturated heterocycles. The lowest BCUT2D eigenvalue weighted by molar-refractivity contribution is 0.404. The van der Waals surface area contributed by atoms with E-state index in [1.807, 2.05) is 24.6 Å². The Morgan fingerprint density at radius 3 is 2.83 bits per heavy atom.